The molecule has 3 unspecified atom stereocenters. The largest absolute Gasteiger partial charge is 0.496 e. The molecule has 0 aliphatic carbocycles. The number of rotatable bonds is 6. The van der Waals surface area contributed by atoms with E-state index in [0.29, 0.717) is 23.0 Å². The van der Waals surface area contributed by atoms with Crippen molar-refractivity contribution in [2.24, 2.45) is 0 Å². The fraction of sp³-hybridized carbons (Fsp3) is 0.500. The quantitative estimate of drug-likeness (QED) is 0.550. The van der Waals surface area contributed by atoms with Crippen LogP contribution in [0.4, 0.5) is 5.82 Å². The van der Waals surface area contributed by atoms with E-state index in [1.54, 1.807) is 19.8 Å². The third-order valence-corrected chi connectivity index (χ3v) is 6.45. The van der Waals surface area contributed by atoms with Gasteiger partial charge in [0.25, 0.3) is 0 Å². The molecule has 2 aliphatic heterocycles. The highest BCUT2D eigenvalue weighted by Crippen LogP contribution is 2.45. The molecule has 3 aromatic rings. The van der Waals surface area contributed by atoms with Crippen LogP contribution in [-0.2, 0) is 9.47 Å². The van der Waals surface area contributed by atoms with Gasteiger partial charge in [0.15, 0.2) is 17.0 Å². The zero-order valence-corrected chi connectivity index (χ0v) is 18.6. The number of hydrogen-bond acceptors (Lipinski definition) is 7. The van der Waals surface area contributed by atoms with Gasteiger partial charge in [-0.3, -0.25) is 4.57 Å². The van der Waals surface area contributed by atoms with Gasteiger partial charge in [0.2, 0.25) is 0 Å². The standard InChI is InChI=1S/C22H26ClN5O3/c1-12-15(23)8-14(20(29-3)18(12)16-9-31-16)13(2)27-21-19-22(25-10-24-21)28(11-26-19)17-6-4-5-7-30-17/h8,10-11,13,16-17H,4-7,9H2,1-3H3,(H,24,25,27). The Bertz CT molecular complexity index is 1110. The number of ether oxygens (including phenoxy) is 3. The molecule has 0 radical (unpaired) electrons. The van der Waals surface area contributed by atoms with Crippen LogP contribution in [0.5, 0.6) is 5.75 Å². The van der Waals surface area contributed by atoms with Gasteiger partial charge >= 0.3 is 0 Å². The lowest BCUT2D eigenvalue weighted by Gasteiger charge is -2.24. The van der Waals surface area contributed by atoms with E-state index in [-0.39, 0.29) is 18.4 Å². The number of benzene rings is 1. The lowest BCUT2D eigenvalue weighted by molar-refractivity contribution is -0.0298. The molecule has 4 heterocycles. The molecule has 2 aromatic heterocycles. The molecule has 0 spiro atoms. The van der Waals surface area contributed by atoms with E-state index >= 15 is 0 Å². The normalized spacial score (nSPS) is 21.8. The third-order valence-electron chi connectivity index (χ3n) is 6.06. The molecule has 2 aliphatic rings. The van der Waals surface area contributed by atoms with Crippen LogP contribution in [0.2, 0.25) is 5.02 Å². The lowest BCUT2D eigenvalue weighted by Crippen LogP contribution is -2.17. The summed E-state index contributed by atoms with van der Waals surface area (Å²) in [7, 11) is 1.68. The molecule has 2 fully saturated rings. The highest BCUT2D eigenvalue weighted by molar-refractivity contribution is 6.31. The highest BCUT2D eigenvalue weighted by Gasteiger charge is 2.33. The van der Waals surface area contributed by atoms with Gasteiger partial charge < -0.3 is 19.5 Å². The number of aromatic nitrogens is 4. The summed E-state index contributed by atoms with van der Waals surface area (Å²) < 4.78 is 19.2. The number of methoxy groups -OCH3 is 1. The molecule has 0 saturated carbocycles. The molecule has 9 heteroatoms. The van der Waals surface area contributed by atoms with Crippen molar-refractivity contribution >= 4 is 28.6 Å². The Kier molecular flexibility index (Phi) is 5.45. The summed E-state index contributed by atoms with van der Waals surface area (Å²) in [5.41, 5.74) is 4.44. The Hall–Kier alpha value is -2.42. The van der Waals surface area contributed by atoms with Crippen LogP contribution in [0, 0.1) is 6.92 Å². The van der Waals surface area contributed by atoms with Crippen molar-refractivity contribution in [2.75, 3.05) is 25.6 Å². The number of halogens is 1. The van der Waals surface area contributed by atoms with E-state index in [0.717, 1.165) is 54.0 Å². The monoisotopic (exact) mass is 443 g/mol. The van der Waals surface area contributed by atoms with Crippen molar-refractivity contribution in [3.8, 4) is 5.75 Å². The number of fused-ring (bicyclic) bond motifs is 1. The zero-order chi connectivity index (χ0) is 21.5. The zero-order valence-electron chi connectivity index (χ0n) is 17.9. The van der Waals surface area contributed by atoms with Gasteiger partial charge in [-0.15, -0.1) is 0 Å². The van der Waals surface area contributed by atoms with Gasteiger partial charge in [-0.25, -0.2) is 15.0 Å². The van der Waals surface area contributed by atoms with Crippen molar-refractivity contribution < 1.29 is 14.2 Å². The third kappa shape index (κ3) is 3.73. The van der Waals surface area contributed by atoms with Gasteiger partial charge in [-0.05, 0) is 44.7 Å². The summed E-state index contributed by atoms with van der Waals surface area (Å²) in [4.78, 5) is 13.5. The molecule has 0 bridgehead atoms. The minimum Gasteiger partial charge on any atom is -0.496 e. The van der Waals surface area contributed by atoms with Crippen LogP contribution < -0.4 is 10.1 Å². The van der Waals surface area contributed by atoms with Crippen molar-refractivity contribution in [2.45, 2.75) is 51.5 Å². The number of imidazole rings is 1. The maximum Gasteiger partial charge on any atom is 0.167 e. The molecule has 3 atom stereocenters. The minimum atomic E-state index is -0.125. The second-order valence-corrected chi connectivity index (χ2v) is 8.48. The smallest absolute Gasteiger partial charge is 0.167 e. The summed E-state index contributed by atoms with van der Waals surface area (Å²) in [6, 6.07) is 1.83. The van der Waals surface area contributed by atoms with Crippen LogP contribution in [0.15, 0.2) is 18.7 Å². The van der Waals surface area contributed by atoms with E-state index in [2.05, 4.69) is 27.2 Å². The first kappa shape index (κ1) is 20.5. The van der Waals surface area contributed by atoms with Gasteiger partial charge in [-0.1, -0.05) is 11.6 Å². The topological polar surface area (TPSA) is 86.6 Å². The maximum atomic E-state index is 6.56. The predicted molar refractivity (Wildman–Crippen MR) is 118 cm³/mol. The molecule has 2 saturated heterocycles. The summed E-state index contributed by atoms with van der Waals surface area (Å²) in [6.45, 7) is 5.50. The second-order valence-electron chi connectivity index (χ2n) is 8.08. The van der Waals surface area contributed by atoms with Gasteiger partial charge in [0, 0.05) is 22.8 Å². The highest BCUT2D eigenvalue weighted by atomic mass is 35.5. The van der Waals surface area contributed by atoms with Crippen molar-refractivity contribution in [1.29, 1.82) is 0 Å². The Balaban J connectivity index is 1.48. The van der Waals surface area contributed by atoms with Crippen molar-refractivity contribution in [1.82, 2.24) is 19.5 Å². The van der Waals surface area contributed by atoms with Crippen LogP contribution in [0.1, 0.15) is 61.3 Å². The van der Waals surface area contributed by atoms with E-state index in [1.807, 2.05) is 17.6 Å². The van der Waals surface area contributed by atoms with Crippen molar-refractivity contribution in [3.05, 3.63) is 40.4 Å². The number of anilines is 1. The Morgan fingerprint density at radius 2 is 2.10 bits per heavy atom. The Morgan fingerprint density at radius 3 is 2.81 bits per heavy atom. The number of nitrogens with one attached hydrogen (secondary N) is 1. The van der Waals surface area contributed by atoms with E-state index in [1.165, 1.54) is 0 Å². The second kappa shape index (κ2) is 8.26. The molecular weight excluding hydrogens is 418 g/mol. The first-order valence-corrected chi connectivity index (χ1v) is 11.0. The van der Waals surface area contributed by atoms with E-state index in [4.69, 9.17) is 25.8 Å². The van der Waals surface area contributed by atoms with E-state index in [9.17, 15) is 0 Å². The van der Waals surface area contributed by atoms with Crippen LogP contribution >= 0.6 is 11.6 Å². The maximum absolute atomic E-state index is 6.56. The molecular formula is C22H26ClN5O3. The summed E-state index contributed by atoms with van der Waals surface area (Å²) in [5.74, 6) is 1.46. The first-order chi connectivity index (χ1) is 15.1. The van der Waals surface area contributed by atoms with Gasteiger partial charge in [0.1, 0.15) is 24.4 Å². The van der Waals surface area contributed by atoms with Gasteiger partial charge in [0.05, 0.1) is 26.1 Å². The van der Waals surface area contributed by atoms with E-state index < -0.39 is 0 Å². The molecule has 8 nitrogen and oxygen atoms in total. The molecule has 164 valence electrons. The summed E-state index contributed by atoms with van der Waals surface area (Å²) >= 11 is 6.56. The Morgan fingerprint density at radius 1 is 1.26 bits per heavy atom. The van der Waals surface area contributed by atoms with Gasteiger partial charge in [-0.2, -0.15) is 0 Å². The fourth-order valence-corrected chi connectivity index (χ4v) is 4.53. The van der Waals surface area contributed by atoms with Crippen LogP contribution in [0.3, 0.4) is 0 Å². The molecule has 1 aromatic carbocycles. The average molecular weight is 444 g/mol. The first-order valence-electron chi connectivity index (χ1n) is 10.6. The minimum absolute atomic E-state index is 0.0315. The molecule has 5 rings (SSSR count). The fourth-order valence-electron chi connectivity index (χ4n) is 4.31. The lowest BCUT2D eigenvalue weighted by atomic mass is 9.97. The number of nitrogens with zero attached hydrogens (tertiary/aromatic N) is 4. The average Bonchev–Trinajstić information content (AvgIpc) is 3.53. The molecule has 0 amide bonds. The Labute approximate surface area is 185 Å². The van der Waals surface area contributed by atoms with Crippen LogP contribution in [0.25, 0.3) is 11.2 Å². The predicted octanol–water partition coefficient (Wildman–Crippen LogP) is 4.74. The number of epoxide rings is 1. The van der Waals surface area contributed by atoms with Crippen molar-refractivity contribution in [3.63, 3.8) is 0 Å². The molecule has 1 N–H and O–H groups in total. The van der Waals surface area contributed by atoms with Crippen LogP contribution in [-0.4, -0.2) is 39.8 Å². The number of hydrogen-bond donors (Lipinski definition) is 1. The summed E-state index contributed by atoms with van der Waals surface area (Å²) in [5, 5.41) is 4.17. The summed E-state index contributed by atoms with van der Waals surface area (Å²) in [6.07, 6.45) is 6.54. The molecule has 31 heavy (non-hydrogen) atoms. The SMILES string of the molecule is COc1c(C(C)Nc2ncnc3c2ncn3C2CCCCO2)cc(Cl)c(C)c1C1CO1.